The Morgan fingerprint density at radius 3 is 2.80 bits per heavy atom. The number of hydrogen-bond acceptors (Lipinski definition) is 3. The quantitative estimate of drug-likeness (QED) is 0.833. The van der Waals surface area contributed by atoms with Crippen LogP contribution in [0, 0.1) is 11.8 Å². The van der Waals surface area contributed by atoms with E-state index in [0.717, 1.165) is 12.6 Å². The molecule has 1 aliphatic rings. The molecule has 1 aliphatic carbocycles. The molecule has 0 bridgehead atoms. The van der Waals surface area contributed by atoms with Crippen LogP contribution in [0.3, 0.4) is 0 Å². The second-order valence-corrected chi connectivity index (χ2v) is 5.34. The third kappa shape index (κ3) is 3.66. The van der Waals surface area contributed by atoms with E-state index in [-0.39, 0.29) is 5.91 Å². The number of nitrogens with zero attached hydrogens (tertiary/aromatic N) is 2. The molecule has 2 atom stereocenters. The summed E-state index contributed by atoms with van der Waals surface area (Å²) >= 11 is 0. The molecule has 1 amide bonds. The van der Waals surface area contributed by atoms with Crippen molar-refractivity contribution >= 4 is 18.0 Å². The lowest BCUT2D eigenvalue weighted by atomic mass is 10.1. The molecule has 20 heavy (non-hydrogen) atoms. The second kappa shape index (κ2) is 5.86. The zero-order chi connectivity index (χ0) is 14.7. The number of carboxylic acid groups (broad SMARTS) is 1. The van der Waals surface area contributed by atoms with Crippen LogP contribution in [-0.2, 0) is 4.79 Å². The van der Waals surface area contributed by atoms with Crippen molar-refractivity contribution in [1.29, 1.82) is 0 Å². The van der Waals surface area contributed by atoms with Gasteiger partial charge in [0.25, 0.3) is 5.91 Å². The molecule has 0 radical (unpaired) electrons. The second-order valence-electron chi connectivity index (χ2n) is 5.34. The minimum absolute atomic E-state index is 0.0813. The number of amides is 1. The summed E-state index contributed by atoms with van der Waals surface area (Å²) in [6.07, 6.45) is 6.67. The van der Waals surface area contributed by atoms with Crippen molar-refractivity contribution in [3.63, 3.8) is 0 Å². The van der Waals surface area contributed by atoms with Crippen LogP contribution in [0.5, 0.6) is 0 Å². The molecule has 106 valence electrons. The van der Waals surface area contributed by atoms with Crippen molar-refractivity contribution in [3.8, 4) is 0 Å². The molecule has 1 N–H and O–H groups in total. The topological polar surface area (TPSA) is 70.5 Å². The van der Waals surface area contributed by atoms with E-state index in [2.05, 4.69) is 11.9 Å². The number of rotatable bonds is 5. The first-order chi connectivity index (χ1) is 9.47. The lowest BCUT2D eigenvalue weighted by molar-refractivity contribution is -0.131. The minimum atomic E-state index is -1.03. The molecule has 0 saturated heterocycles. The predicted molar refractivity (Wildman–Crippen MR) is 75.1 cm³/mol. The Bertz CT molecular complexity index is 554. The molecule has 2 unspecified atom stereocenters. The van der Waals surface area contributed by atoms with Gasteiger partial charge in [-0.25, -0.2) is 4.79 Å². The van der Waals surface area contributed by atoms with Gasteiger partial charge in [0, 0.05) is 32.1 Å². The standard InChI is InChI=1S/C15H18N2O3/c1-10-5-13(10)9-17(2)15(20)12-6-11(7-16-8-12)3-4-14(18)19/h3-4,6-8,10,13H,5,9H2,1-2H3,(H,18,19). The lowest BCUT2D eigenvalue weighted by Gasteiger charge is -2.17. The number of carboxylic acids is 1. The van der Waals surface area contributed by atoms with Crippen molar-refractivity contribution in [3.05, 3.63) is 35.7 Å². The maximum Gasteiger partial charge on any atom is 0.328 e. The van der Waals surface area contributed by atoms with Crippen molar-refractivity contribution in [2.75, 3.05) is 13.6 Å². The highest BCUT2D eigenvalue weighted by Crippen LogP contribution is 2.38. The van der Waals surface area contributed by atoms with Gasteiger partial charge < -0.3 is 10.0 Å². The van der Waals surface area contributed by atoms with Crippen molar-refractivity contribution in [2.24, 2.45) is 11.8 Å². The van der Waals surface area contributed by atoms with Gasteiger partial charge in [0.2, 0.25) is 0 Å². The van der Waals surface area contributed by atoms with Gasteiger partial charge in [0.05, 0.1) is 5.56 Å². The number of carbonyl (C=O) groups excluding carboxylic acids is 1. The van der Waals surface area contributed by atoms with Gasteiger partial charge >= 0.3 is 5.97 Å². The summed E-state index contributed by atoms with van der Waals surface area (Å²) in [5.74, 6) is 0.198. The summed E-state index contributed by atoms with van der Waals surface area (Å²) in [6.45, 7) is 2.94. The van der Waals surface area contributed by atoms with Crippen molar-refractivity contribution in [2.45, 2.75) is 13.3 Å². The molecule has 5 heteroatoms. The molecule has 2 rings (SSSR count). The highest BCUT2D eigenvalue weighted by Gasteiger charge is 2.34. The number of aliphatic carboxylic acids is 1. The highest BCUT2D eigenvalue weighted by atomic mass is 16.4. The highest BCUT2D eigenvalue weighted by molar-refractivity contribution is 5.94. The van der Waals surface area contributed by atoms with Crippen LogP contribution in [-0.4, -0.2) is 40.5 Å². The van der Waals surface area contributed by atoms with Crippen molar-refractivity contribution < 1.29 is 14.7 Å². The molecule has 1 heterocycles. The van der Waals surface area contributed by atoms with Crippen LogP contribution in [0.4, 0.5) is 0 Å². The van der Waals surface area contributed by atoms with Crippen LogP contribution < -0.4 is 0 Å². The lowest BCUT2D eigenvalue weighted by Crippen LogP contribution is -2.29. The van der Waals surface area contributed by atoms with Crippen LogP contribution in [0.2, 0.25) is 0 Å². The third-order valence-electron chi connectivity index (χ3n) is 3.56. The van der Waals surface area contributed by atoms with E-state index in [9.17, 15) is 9.59 Å². The number of aromatic nitrogens is 1. The summed E-state index contributed by atoms with van der Waals surface area (Å²) in [5.41, 5.74) is 1.08. The molecule has 1 saturated carbocycles. The molecular formula is C15H18N2O3. The molecular weight excluding hydrogens is 256 g/mol. The molecule has 0 aliphatic heterocycles. The SMILES string of the molecule is CC1CC1CN(C)C(=O)c1cncc(C=CC(=O)O)c1. The average molecular weight is 274 g/mol. The van der Waals surface area contributed by atoms with E-state index in [0.29, 0.717) is 23.0 Å². The van der Waals surface area contributed by atoms with E-state index >= 15 is 0 Å². The minimum Gasteiger partial charge on any atom is -0.478 e. The first kappa shape index (κ1) is 14.2. The fourth-order valence-electron chi connectivity index (χ4n) is 2.14. The maximum atomic E-state index is 12.3. The summed E-state index contributed by atoms with van der Waals surface area (Å²) in [5, 5.41) is 8.59. The summed E-state index contributed by atoms with van der Waals surface area (Å²) in [4.78, 5) is 28.4. The van der Waals surface area contributed by atoms with Gasteiger partial charge in [-0.2, -0.15) is 0 Å². The van der Waals surface area contributed by atoms with Gasteiger partial charge in [0.15, 0.2) is 0 Å². The Labute approximate surface area is 117 Å². The molecule has 0 aromatic carbocycles. The van der Waals surface area contributed by atoms with Gasteiger partial charge in [-0.3, -0.25) is 9.78 Å². The number of carbonyl (C=O) groups is 2. The predicted octanol–water partition coefficient (Wildman–Crippen LogP) is 1.91. The Kier molecular flexibility index (Phi) is 4.17. The van der Waals surface area contributed by atoms with Crippen LogP contribution in [0.15, 0.2) is 24.5 Å². The van der Waals surface area contributed by atoms with Gasteiger partial charge in [-0.1, -0.05) is 6.92 Å². The fraction of sp³-hybridized carbons (Fsp3) is 0.400. The third-order valence-corrected chi connectivity index (χ3v) is 3.56. The summed E-state index contributed by atoms with van der Waals surface area (Å²) < 4.78 is 0. The summed E-state index contributed by atoms with van der Waals surface area (Å²) in [7, 11) is 1.78. The normalized spacial score (nSPS) is 20.9. The molecule has 5 nitrogen and oxygen atoms in total. The largest absolute Gasteiger partial charge is 0.478 e. The Morgan fingerprint density at radius 2 is 2.20 bits per heavy atom. The smallest absolute Gasteiger partial charge is 0.328 e. The monoisotopic (exact) mass is 274 g/mol. The Hall–Kier alpha value is -2.17. The number of hydrogen-bond donors (Lipinski definition) is 1. The van der Waals surface area contributed by atoms with Gasteiger partial charge in [-0.15, -0.1) is 0 Å². The first-order valence-corrected chi connectivity index (χ1v) is 6.59. The zero-order valence-electron chi connectivity index (χ0n) is 11.6. The fourth-order valence-corrected chi connectivity index (χ4v) is 2.14. The maximum absolute atomic E-state index is 12.3. The summed E-state index contributed by atoms with van der Waals surface area (Å²) in [6, 6.07) is 1.65. The first-order valence-electron chi connectivity index (χ1n) is 6.59. The van der Waals surface area contributed by atoms with Gasteiger partial charge in [-0.05, 0) is 36.0 Å². The molecule has 1 fully saturated rings. The van der Waals surface area contributed by atoms with Gasteiger partial charge in [0.1, 0.15) is 0 Å². The molecule has 1 aromatic heterocycles. The Balaban J connectivity index is 2.05. The van der Waals surface area contributed by atoms with E-state index in [1.54, 1.807) is 18.0 Å². The number of pyridine rings is 1. The average Bonchev–Trinajstić information content (AvgIpc) is 3.11. The zero-order valence-corrected chi connectivity index (χ0v) is 11.6. The molecule has 1 aromatic rings. The van der Waals surface area contributed by atoms with E-state index in [1.807, 2.05) is 0 Å². The molecule has 0 spiro atoms. The van der Waals surface area contributed by atoms with Crippen LogP contribution in [0.25, 0.3) is 6.08 Å². The van der Waals surface area contributed by atoms with E-state index < -0.39 is 5.97 Å². The Morgan fingerprint density at radius 1 is 1.50 bits per heavy atom. The van der Waals surface area contributed by atoms with E-state index in [4.69, 9.17) is 5.11 Å². The van der Waals surface area contributed by atoms with E-state index in [1.165, 1.54) is 24.9 Å². The van der Waals surface area contributed by atoms with Crippen molar-refractivity contribution in [1.82, 2.24) is 9.88 Å². The van der Waals surface area contributed by atoms with Crippen LogP contribution >= 0.6 is 0 Å². The van der Waals surface area contributed by atoms with Crippen LogP contribution in [0.1, 0.15) is 29.3 Å².